The van der Waals surface area contributed by atoms with Crippen molar-refractivity contribution in [1.82, 2.24) is 0 Å². The van der Waals surface area contributed by atoms with Crippen molar-refractivity contribution in [3.05, 3.63) is 364 Å². The minimum Gasteiger partial charge on any atom is -0.872 e. The fraction of sp³-hybridized carbons (Fsp3) is 0.0204. The van der Waals surface area contributed by atoms with Gasteiger partial charge in [0.05, 0.1) is 33.4 Å². The van der Waals surface area contributed by atoms with Crippen LogP contribution in [-0.4, -0.2) is 10.7 Å². The van der Waals surface area contributed by atoms with Crippen molar-refractivity contribution < 1.29 is 84.3 Å². The molecule has 0 atom stereocenters. The number of hydrogen-bond donors (Lipinski definition) is 4. The summed E-state index contributed by atoms with van der Waals surface area (Å²) in [7, 11) is 0. The van der Waals surface area contributed by atoms with Gasteiger partial charge in [-0.1, -0.05) is 386 Å². The molecule has 0 aliphatic carbocycles. The fourth-order valence-electron chi connectivity index (χ4n) is 13.0. The van der Waals surface area contributed by atoms with Crippen molar-refractivity contribution in [2.75, 3.05) is 33.6 Å². The van der Waals surface area contributed by atoms with Crippen LogP contribution in [0.2, 0.25) is 0 Å². The van der Waals surface area contributed by atoms with Crippen LogP contribution >= 0.6 is 46.4 Å². The molecule has 116 heavy (non-hydrogen) atoms. The minimum atomic E-state index is -0.245. The molecule has 0 amide bonds. The molecule has 12 nitrogen and oxygen atoms in total. The van der Waals surface area contributed by atoms with E-state index >= 15 is 0 Å². The van der Waals surface area contributed by atoms with Crippen molar-refractivity contribution >= 4 is 69.2 Å². The SMILES string of the molecule is ClCCl.ClCCl.Nc1ccccc1N.Nc1ccccc1N.[O-]c1c(-c2ccccc2)cccc1-c1cccc(-c2ccc(-c3cccc(-c4cccc(-c5ccccc5)c4[O-])c3[O-])cc2)c1[O-].[O-]c1c(-c2ccccc2)cccc1-c1cccc(-c2ccc(-c3cccc(-c4cccc(-c5ccccc5)c4[O-])c3[O-])cc2)c1[O-].[Ti+4].[Ti+4]. The monoisotopic (exact) mass is 1670 g/mol. The van der Waals surface area contributed by atoms with Crippen LogP contribution in [-0.2, 0) is 43.4 Å². The molecule has 0 aromatic heterocycles. The normalized spacial score (nSPS) is 10.2. The van der Waals surface area contributed by atoms with Gasteiger partial charge in [-0.25, -0.2) is 0 Å². The number of benzene rings is 16. The zero-order chi connectivity index (χ0) is 80.6. The largest absolute Gasteiger partial charge is 4.00 e. The summed E-state index contributed by atoms with van der Waals surface area (Å²) in [5.41, 5.74) is 36.8. The number of halogens is 4. The predicted octanol–water partition coefficient (Wildman–Crippen LogP) is 20.5. The van der Waals surface area contributed by atoms with Crippen molar-refractivity contribution in [3.63, 3.8) is 0 Å². The quantitative estimate of drug-likeness (QED) is 0.0504. The van der Waals surface area contributed by atoms with E-state index in [4.69, 9.17) is 69.3 Å². The Balaban J connectivity index is 0.000000207. The minimum absolute atomic E-state index is 0. The summed E-state index contributed by atoms with van der Waals surface area (Å²) in [6, 6.07) is 108. The Bertz CT molecular complexity index is 5180. The second-order valence-corrected chi connectivity index (χ2v) is 27.2. The molecule has 18 heteroatoms. The Kier molecular flexibility index (Phi) is 32.3. The average molecular weight is 1670 g/mol. The van der Waals surface area contributed by atoms with Gasteiger partial charge in [-0.15, -0.1) is 46.4 Å². The zero-order valence-corrected chi connectivity index (χ0v) is 68.3. The van der Waals surface area contributed by atoms with Gasteiger partial charge in [-0.05, 0) is 158 Å². The molecule has 0 unspecified atom stereocenters. The molecule has 0 spiro atoms. The van der Waals surface area contributed by atoms with Crippen LogP contribution in [0.25, 0.3) is 134 Å². The Hall–Kier alpha value is -12.3. The van der Waals surface area contributed by atoms with Gasteiger partial charge in [0.15, 0.2) is 0 Å². The fourth-order valence-corrected chi connectivity index (χ4v) is 13.0. The second kappa shape index (κ2) is 42.7. The first-order valence-electron chi connectivity index (χ1n) is 35.7. The van der Waals surface area contributed by atoms with E-state index in [2.05, 4.69) is 0 Å². The van der Waals surface area contributed by atoms with Gasteiger partial charge < -0.3 is 63.8 Å². The first-order chi connectivity index (χ1) is 55.5. The van der Waals surface area contributed by atoms with E-state index in [1.807, 2.05) is 146 Å². The van der Waals surface area contributed by atoms with E-state index in [1.165, 1.54) is 0 Å². The molecule has 0 fully saturated rings. The van der Waals surface area contributed by atoms with Crippen LogP contribution < -0.4 is 63.8 Å². The van der Waals surface area contributed by atoms with Crippen LogP contribution in [0.4, 0.5) is 22.7 Å². The van der Waals surface area contributed by atoms with Crippen LogP contribution in [0.1, 0.15) is 0 Å². The topological polar surface area (TPSA) is 289 Å². The number of rotatable bonds is 12. The molecule has 0 heterocycles. The van der Waals surface area contributed by atoms with Gasteiger partial charge in [-0.3, -0.25) is 0 Å². The van der Waals surface area contributed by atoms with Crippen LogP contribution in [0.15, 0.2) is 364 Å². The molecule has 0 aliphatic rings. The Morgan fingerprint density at radius 2 is 0.250 bits per heavy atom. The molecule has 16 aromatic rings. The molecular formula is C98H72Cl4N4O8Ti2. The summed E-state index contributed by atoms with van der Waals surface area (Å²) >= 11 is 19.1. The van der Waals surface area contributed by atoms with Crippen molar-refractivity contribution in [3.8, 4) is 180 Å². The van der Waals surface area contributed by atoms with Gasteiger partial charge in [-0.2, -0.15) is 0 Å². The number of alkyl halides is 4. The standard InChI is InChI=1S/2C42H30O4.2C6H8N2.2CH2Cl2.2Ti/c2*43-39-31(27-11-3-1-4-12-27)15-7-19-35(39)37-21-9-17-33(41(37)45)29-23-25-30(26-24-29)34-18-10-22-38(42(34)46)36-20-8-16-32(40(36)44)28-13-5-2-6-14-28;2*7-5-3-1-2-4-6(5)8;2*2-1-3;;/h2*1-26,43-46H;2*1-4H,7-8H2;2*1H2;;/q;;;;;;2*+4/p-8. The first kappa shape index (κ1) is 87.7. The Morgan fingerprint density at radius 3 is 0.371 bits per heavy atom. The molecule has 568 valence electrons. The van der Waals surface area contributed by atoms with E-state index in [0.29, 0.717) is 134 Å². The molecule has 0 saturated heterocycles. The molecule has 8 N–H and O–H groups in total. The molecule has 16 aromatic carbocycles. The van der Waals surface area contributed by atoms with Crippen LogP contribution in [0.3, 0.4) is 0 Å². The summed E-state index contributed by atoms with van der Waals surface area (Å²) < 4.78 is 0. The number of anilines is 4. The van der Waals surface area contributed by atoms with Gasteiger partial charge in [0.1, 0.15) is 0 Å². The van der Waals surface area contributed by atoms with Crippen LogP contribution in [0, 0.1) is 0 Å². The van der Waals surface area contributed by atoms with Gasteiger partial charge >= 0.3 is 43.4 Å². The van der Waals surface area contributed by atoms with E-state index in [-0.39, 0.29) is 100 Å². The van der Waals surface area contributed by atoms with Gasteiger partial charge in [0.25, 0.3) is 0 Å². The summed E-state index contributed by atoms with van der Waals surface area (Å²) in [6.07, 6.45) is 0. The zero-order valence-electron chi connectivity index (χ0n) is 62.1. The van der Waals surface area contributed by atoms with E-state index in [9.17, 15) is 40.9 Å². The summed E-state index contributed by atoms with van der Waals surface area (Å²) in [4.78, 5) is 0. The molecule has 0 radical (unpaired) electrons. The molecule has 0 bridgehead atoms. The number of para-hydroxylation sites is 12. The summed E-state index contributed by atoms with van der Waals surface area (Å²) in [5, 5.41) is 109. The molecule has 16 rings (SSSR count). The third-order valence-electron chi connectivity index (χ3n) is 18.6. The van der Waals surface area contributed by atoms with Crippen molar-refractivity contribution in [2.45, 2.75) is 0 Å². The van der Waals surface area contributed by atoms with Gasteiger partial charge in [0.2, 0.25) is 0 Å². The van der Waals surface area contributed by atoms with E-state index < -0.39 is 0 Å². The Labute approximate surface area is 724 Å². The Morgan fingerprint density at radius 1 is 0.147 bits per heavy atom. The maximum atomic E-state index is 13.7. The predicted molar refractivity (Wildman–Crippen MR) is 457 cm³/mol. The average Bonchev–Trinajstić information content (AvgIpc) is 0.778. The number of hydrogen-bond acceptors (Lipinski definition) is 12. The maximum absolute atomic E-state index is 13.7. The third-order valence-corrected chi connectivity index (χ3v) is 18.6. The van der Waals surface area contributed by atoms with Crippen LogP contribution in [0.5, 0.6) is 46.0 Å². The summed E-state index contributed by atoms with van der Waals surface area (Å²) in [6.45, 7) is 0. The molecular weight excluding hydrogens is 1600 g/mol. The molecule has 0 saturated carbocycles. The summed E-state index contributed by atoms with van der Waals surface area (Å²) in [5.74, 6) is -1.77. The first-order valence-corrected chi connectivity index (χ1v) is 37.9. The third kappa shape index (κ3) is 21.0. The second-order valence-electron chi connectivity index (χ2n) is 25.5. The number of nitrogens with two attached hydrogens (primary N) is 4. The van der Waals surface area contributed by atoms with Crippen molar-refractivity contribution in [1.29, 1.82) is 0 Å². The number of nitrogen functional groups attached to an aromatic ring is 4. The van der Waals surface area contributed by atoms with Crippen molar-refractivity contribution in [2.24, 2.45) is 0 Å². The smallest absolute Gasteiger partial charge is 0.872 e. The molecule has 0 aliphatic heterocycles. The maximum Gasteiger partial charge on any atom is 4.00 e. The van der Waals surface area contributed by atoms with E-state index in [0.717, 1.165) is 22.3 Å². The van der Waals surface area contributed by atoms with Gasteiger partial charge in [0, 0.05) is 0 Å². The van der Waals surface area contributed by atoms with E-state index in [1.54, 1.807) is 218 Å².